The van der Waals surface area contributed by atoms with E-state index in [1.165, 1.54) is 0 Å². The van der Waals surface area contributed by atoms with Crippen LogP contribution in [0.4, 0.5) is 0 Å². The molecule has 0 unspecified atom stereocenters. The van der Waals surface area contributed by atoms with E-state index in [0.29, 0.717) is 23.6 Å². The van der Waals surface area contributed by atoms with Crippen LogP contribution >= 0.6 is 0 Å². The van der Waals surface area contributed by atoms with Crippen molar-refractivity contribution in [3.05, 3.63) is 53.6 Å². The molecule has 4 rings (SSSR count). The maximum atomic E-state index is 10.3. The Morgan fingerprint density at radius 1 is 1.17 bits per heavy atom. The van der Waals surface area contributed by atoms with Gasteiger partial charge >= 0.3 is 0 Å². The van der Waals surface area contributed by atoms with Crippen molar-refractivity contribution in [2.45, 2.75) is 26.8 Å². The molecule has 6 nitrogen and oxygen atoms in total. The van der Waals surface area contributed by atoms with E-state index < -0.39 is 0 Å². The number of fused-ring (bicyclic) bond motifs is 1. The van der Waals surface area contributed by atoms with E-state index in [9.17, 15) is 5.11 Å². The SMILES string of the molecule is Cc1noc(C)c1CCn1c(-c2ccco2)nc2cccc(O)c21. The lowest BCUT2D eigenvalue weighted by Crippen LogP contribution is -2.04. The Balaban J connectivity index is 1.82. The van der Waals surface area contributed by atoms with E-state index in [4.69, 9.17) is 8.94 Å². The maximum Gasteiger partial charge on any atom is 0.177 e. The molecule has 0 saturated carbocycles. The van der Waals surface area contributed by atoms with Crippen LogP contribution in [0.2, 0.25) is 0 Å². The maximum absolute atomic E-state index is 10.3. The fraction of sp³-hybridized carbons (Fsp3) is 0.222. The van der Waals surface area contributed by atoms with E-state index >= 15 is 0 Å². The lowest BCUT2D eigenvalue weighted by molar-refractivity contribution is 0.392. The predicted molar refractivity (Wildman–Crippen MR) is 88.8 cm³/mol. The van der Waals surface area contributed by atoms with Crippen molar-refractivity contribution in [1.82, 2.24) is 14.7 Å². The van der Waals surface area contributed by atoms with Crippen LogP contribution in [-0.2, 0) is 13.0 Å². The third kappa shape index (κ3) is 2.27. The smallest absolute Gasteiger partial charge is 0.177 e. The zero-order valence-electron chi connectivity index (χ0n) is 13.5. The molecule has 3 heterocycles. The minimum Gasteiger partial charge on any atom is -0.506 e. The number of benzene rings is 1. The Morgan fingerprint density at radius 3 is 2.75 bits per heavy atom. The fourth-order valence-corrected chi connectivity index (χ4v) is 3.06. The Labute approximate surface area is 138 Å². The number of aromatic nitrogens is 3. The van der Waals surface area contributed by atoms with Crippen LogP contribution in [-0.4, -0.2) is 19.8 Å². The van der Waals surface area contributed by atoms with Gasteiger partial charge in [0.2, 0.25) is 0 Å². The van der Waals surface area contributed by atoms with Crippen molar-refractivity contribution in [3.63, 3.8) is 0 Å². The number of hydrogen-bond donors (Lipinski definition) is 1. The number of para-hydroxylation sites is 1. The number of rotatable bonds is 4. The van der Waals surface area contributed by atoms with Crippen LogP contribution < -0.4 is 0 Å². The van der Waals surface area contributed by atoms with Crippen LogP contribution in [0.1, 0.15) is 17.0 Å². The number of phenols is 1. The summed E-state index contributed by atoms with van der Waals surface area (Å²) >= 11 is 0. The molecule has 0 aliphatic heterocycles. The molecule has 122 valence electrons. The first kappa shape index (κ1) is 14.6. The van der Waals surface area contributed by atoms with Crippen LogP contribution in [0.15, 0.2) is 45.5 Å². The average molecular weight is 323 g/mol. The Hall–Kier alpha value is -3.02. The van der Waals surface area contributed by atoms with E-state index in [1.807, 2.05) is 36.6 Å². The lowest BCUT2D eigenvalue weighted by atomic mass is 10.1. The van der Waals surface area contributed by atoms with Gasteiger partial charge in [-0.05, 0) is 44.5 Å². The van der Waals surface area contributed by atoms with Crippen molar-refractivity contribution >= 4 is 11.0 Å². The molecule has 1 aromatic carbocycles. The molecule has 0 aliphatic rings. The normalized spacial score (nSPS) is 11.4. The summed E-state index contributed by atoms with van der Waals surface area (Å²) in [6.07, 6.45) is 2.35. The van der Waals surface area contributed by atoms with Gasteiger partial charge in [-0.3, -0.25) is 0 Å². The standard InChI is InChI=1S/C18H17N3O3/c1-11-13(12(2)24-20-11)8-9-21-17-14(5-3-6-15(17)22)19-18(21)16-7-4-10-23-16/h3-7,10,22H,8-9H2,1-2H3. The molecule has 4 aromatic rings. The number of furan rings is 1. The van der Waals surface area contributed by atoms with Crippen LogP contribution in [0, 0.1) is 13.8 Å². The summed E-state index contributed by atoms with van der Waals surface area (Å²) in [6, 6.07) is 9.03. The van der Waals surface area contributed by atoms with Crippen molar-refractivity contribution in [1.29, 1.82) is 0 Å². The Kier molecular flexibility index (Phi) is 3.37. The van der Waals surface area contributed by atoms with Crippen molar-refractivity contribution < 1.29 is 14.0 Å². The summed E-state index contributed by atoms with van der Waals surface area (Å²) in [5, 5.41) is 14.3. The van der Waals surface area contributed by atoms with Gasteiger partial charge in [0.15, 0.2) is 11.6 Å². The molecule has 0 saturated heterocycles. The van der Waals surface area contributed by atoms with Crippen molar-refractivity contribution in [3.8, 4) is 17.3 Å². The molecule has 0 amide bonds. The van der Waals surface area contributed by atoms with Gasteiger partial charge < -0.3 is 18.6 Å². The van der Waals surface area contributed by atoms with Gasteiger partial charge in [0.25, 0.3) is 0 Å². The molecule has 0 bridgehead atoms. The van der Waals surface area contributed by atoms with E-state index in [1.54, 1.807) is 18.4 Å². The van der Waals surface area contributed by atoms with Crippen molar-refractivity contribution in [2.24, 2.45) is 0 Å². The molecule has 0 radical (unpaired) electrons. The van der Waals surface area contributed by atoms with Crippen LogP contribution in [0.5, 0.6) is 5.75 Å². The minimum absolute atomic E-state index is 0.205. The molecule has 1 N–H and O–H groups in total. The molecule has 0 spiro atoms. The summed E-state index contributed by atoms with van der Waals surface area (Å²) < 4.78 is 12.7. The highest BCUT2D eigenvalue weighted by Gasteiger charge is 2.18. The third-order valence-corrected chi connectivity index (χ3v) is 4.25. The van der Waals surface area contributed by atoms with E-state index in [2.05, 4.69) is 10.1 Å². The second-order valence-corrected chi connectivity index (χ2v) is 5.76. The first-order valence-corrected chi connectivity index (χ1v) is 7.79. The van der Waals surface area contributed by atoms with Gasteiger partial charge in [-0.2, -0.15) is 0 Å². The number of aryl methyl sites for hydroxylation is 3. The summed E-state index contributed by atoms with van der Waals surface area (Å²) in [7, 11) is 0. The zero-order chi connectivity index (χ0) is 16.7. The minimum atomic E-state index is 0.205. The highest BCUT2D eigenvalue weighted by atomic mass is 16.5. The number of hydrogen-bond acceptors (Lipinski definition) is 5. The molecule has 3 aromatic heterocycles. The van der Waals surface area contributed by atoms with Gasteiger partial charge in [0.05, 0.1) is 17.5 Å². The molecule has 6 heteroatoms. The second-order valence-electron chi connectivity index (χ2n) is 5.76. The van der Waals surface area contributed by atoms with Crippen molar-refractivity contribution in [2.75, 3.05) is 0 Å². The Morgan fingerprint density at radius 2 is 2.04 bits per heavy atom. The van der Waals surface area contributed by atoms with Gasteiger partial charge in [-0.25, -0.2) is 4.98 Å². The second kappa shape index (κ2) is 5.56. The lowest BCUT2D eigenvalue weighted by Gasteiger charge is -2.08. The Bertz CT molecular complexity index is 977. The number of imidazole rings is 1. The average Bonchev–Trinajstić information content (AvgIpc) is 3.26. The summed E-state index contributed by atoms with van der Waals surface area (Å²) in [5.74, 6) is 2.39. The van der Waals surface area contributed by atoms with Crippen LogP contribution in [0.25, 0.3) is 22.6 Å². The monoisotopic (exact) mass is 323 g/mol. The summed E-state index contributed by atoms with van der Waals surface area (Å²) in [5.41, 5.74) is 3.41. The molecule has 0 atom stereocenters. The van der Waals surface area contributed by atoms with Gasteiger partial charge in [0, 0.05) is 12.1 Å². The first-order chi connectivity index (χ1) is 11.6. The largest absolute Gasteiger partial charge is 0.506 e. The molecule has 0 aliphatic carbocycles. The topological polar surface area (TPSA) is 77.2 Å². The highest BCUT2D eigenvalue weighted by molar-refractivity contribution is 5.85. The third-order valence-electron chi connectivity index (χ3n) is 4.25. The zero-order valence-corrected chi connectivity index (χ0v) is 13.5. The highest BCUT2D eigenvalue weighted by Crippen LogP contribution is 2.31. The summed E-state index contributed by atoms with van der Waals surface area (Å²) in [6.45, 7) is 4.47. The van der Waals surface area contributed by atoms with Crippen LogP contribution in [0.3, 0.4) is 0 Å². The van der Waals surface area contributed by atoms with E-state index in [0.717, 1.165) is 29.0 Å². The number of phenolic OH excluding ortho intramolecular Hbond substituents is 1. The van der Waals surface area contributed by atoms with Gasteiger partial charge in [-0.1, -0.05) is 11.2 Å². The number of aromatic hydroxyl groups is 1. The first-order valence-electron chi connectivity index (χ1n) is 7.79. The quantitative estimate of drug-likeness (QED) is 0.617. The molecule has 24 heavy (non-hydrogen) atoms. The molecular weight excluding hydrogens is 306 g/mol. The van der Waals surface area contributed by atoms with E-state index in [-0.39, 0.29) is 5.75 Å². The predicted octanol–water partition coefficient (Wildman–Crippen LogP) is 3.85. The molecular formula is C18H17N3O3. The van der Waals surface area contributed by atoms with Gasteiger partial charge in [0.1, 0.15) is 17.0 Å². The summed E-state index contributed by atoms with van der Waals surface area (Å²) in [4.78, 5) is 4.63. The number of nitrogens with zero attached hydrogens (tertiary/aromatic N) is 3. The fourth-order valence-electron chi connectivity index (χ4n) is 3.06. The molecule has 0 fully saturated rings. The van der Waals surface area contributed by atoms with Gasteiger partial charge in [-0.15, -0.1) is 0 Å².